The second kappa shape index (κ2) is 7.52. The van der Waals surface area contributed by atoms with Crippen molar-refractivity contribution in [1.29, 1.82) is 0 Å². The number of aromatic nitrogens is 1. The largest absolute Gasteiger partial charge is 0.465 e. The smallest absolute Gasteiger partial charge is 0.339 e. The minimum atomic E-state index is -0.516. The van der Waals surface area contributed by atoms with E-state index in [1.54, 1.807) is 41.6 Å². The van der Waals surface area contributed by atoms with E-state index in [4.69, 9.17) is 4.74 Å². The Hall–Kier alpha value is -3.28. The average molecular weight is 404 g/mol. The van der Waals surface area contributed by atoms with Crippen molar-refractivity contribution in [3.05, 3.63) is 71.2 Å². The number of carbonyl (C=O) groups excluding carboxylic acids is 3. The van der Waals surface area contributed by atoms with E-state index in [0.29, 0.717) is 35.4 Å². The first kappa shape index (κ1) is 20.0. The van der Waals surface area contributed by atoms with Crippen molar-refractivity contribution < 1.29 is 19.1 Å². The van der Waals surface area contributed by atoms with Crippen molar-refractivity contribution in [3.8, 4) is 0 Å². The normalized spacial score (nSPS) is 20.8. The van der Waals surface area contributed by atoms with Crippen LogP contribution in [0.25, 0.3) is 0 Å². The van der Waals surface area contributed by atoms with Crippen molar-refractivity contribution in [1.82, 2.24) is 4.98 Å². The summed E-state index contributed by atoms with van der Waals surface area (Å²) in [6.07, 6.45) is 4.50. The first-order valence-corrected chi connectivity index (χ1v) is 9.99. The zero-order valence-electron chi connectivity index (χ0n) is 17.3. The lowest BCUT2D eigenvalue weighted by molar-refractivity contribution is -0.121. The highest BCUT2D eigenvalue weighted by Crippen LogP contribution is 2.48. The van der Waals surface area contributed by atoms with Gasteiger partial charge in [-0.3, -0.25) is 19.5 Å². The minimum absolute atomic E-state index is 0.0520. The molecule has 0 spiro atoms. The number of allylic oxidation sites excluding steroid dienone is 2. The highest BCUT2D eigenvalue weighted by molar-refractivity contribution is 6.10. The second-order valence-corrected chi connectivity index (χ2v) is 8.58. The number of anilines is 1. The Morgan fingerprint density at radius 1 is 1.10 bits per heavy atom. The van der Waals surface area contributed by atoms with Gasteiger partial charge in [-0.25, -0.2) is 4.79 Å². The lowest BCUT2D eigenvalue weighted by Gasteiger charge is -2.43. The van der Waals surface area contributed by atoms with Gasteiger partial charge >= 0.3 is 5.97 Å². The van der Waals surface area contributed by atoms with E-state index >= 15 is 0 Å². The second-order valence-electron chi connectivity index (χ2n) is 8.58. The van der Waals surface area contributed by atoms with Gasteiger partial charge in [-0.1, -0.05) is 26.0 Å². The number of carbonyl (C=O) groups is 3. The van der Waals surface area contributed by atoms with E-state index in [1.807, 2.05) is 26.0 Å². The topological polar surface area (TPSA) is 76.6 Å². The zero-order valence-corrected chi connectivity index (χ0v) is 17.3. The van der Waals surface area contributed by atoms with Crippen LogP contribution in [0.1, 0.15) is 54.9 Å². The average Bonchev–Trinajstić information content (AvgIpc) is 2.72. The number of ketones is 1. The molecule has 0 N–H and O–H groups in total. The molecule has 1 aromatic heterocycles. The summed E-state index contributed by atoms with van der Waals surface area (Å²) in [4.78, 5) is 44.7. The number of hydrogen-bond acceptors (Lipinski definition) is 5. The van der Waals surface area contributed by atoms with Gasteiger partial charge in [-0.05, 0) is 41.7 Å². The summed E-state index contributed by atoms with van der Waals surface area (Å²) in [5.74, 6) is -0.910. The van der Waals surface area contributed by atoms with E-state index in [0.717, 1.165) is 5.56 Å². The number of Topliss-reactive ketones (excluding diaryl/α,β-unsaturated/α-hetero) is 1. The maximum Gasteiger partial charge on any atom is 0.339 e. The molecule has 0 fully saturated rings. The molecule has 1 unspecified atom stereocenters. The van der Waals surface area contributed by atoms with Crippen LogP contribution in [0.5, 0.6) is 0 Å². The molecule has 1 aromatic carbocycles. The zero-order chi connectivity index (χ0) is 21.5. The Morgan fingerprint density at radius 2 is 1.80 bits per heavy atom. The molecule has 154 valence electrons. The van der Waals surface area contributed by atoms with Gasteiger partial charge in [-0.15, -0.1) is 0 Å². The number of amides is 1. The molecular formula is C24H24N2O4. The number of para-hydroxylation sites is 1. The Bertz CT molecular complexity index is 1060. The Labute approximate surface area is 175 Å². The Kier molecular flexibility index (Phi) is 5.02. The molecule has 0 bridgehead atoms. The predicted octanol–water partition coefficient (Wildman–Crippen LogP) is 4.03. The van der Waals surface area contributed by atoms with Gasteiger partial charge in [0.05, 0.1) is 18.4 Å². The van der Waals surface area contributed by atoms with Crippen LogP contribution in [0.15, 0.2) is 60.1 Å². The third-order valence-electron chi connectivity index (χ3n) is 5.80. The summed E-state index contributed by atoms with van der Waals surface area (Å²) in [6.45, 7) is 4.05. The molecule has 6 nitrogen and oxygen atoms in total. The van der Waals surface area contributed by atoms with Gasteiger partial charge in [0.1, 0.15) is 0 Å². The number of hydrogen-bond donors (Lipinski definition) is 0. The number of nitrogens with zero attached hydrogens (tertiary/aromatic N) is 2. The molecule has 1 atom stereocenters. The molecule has 2 heterocycles. The number of methoxy groups -OCH3 is 1. The van der Waals surface area contributed by atoms with Crippen molar-refractivity contribution >= 4 is 23.3 Å². The molecule has 1 amide bonds. The molecule has 2 aromatic rings. The summed E-state index contributed by atoms with van der Waals surface area (Å²) < 4.78 is 4.92. The predicted molar refractivity (Wildman–Crippen MR) is 112 cm³/mol. The minimum Gasteiger partial charge on any atom is -0.465 e. The van der Waals surface area contributed by atoms with E-state index in [-0.39, 0.29) is 29.4 Å². The van der Waals surface area contributed by atoms with Crippen LogP contribution in [0.4, 0.5) is 5.69 Å². The fraction of sp³-hybridized carbons (Fsp3) is 0.333. The highest BCUT2D eigenvalue weighted by Gasteiger charge is 2.45. The quantitative estimate of drug-likeness (QED) is 0.722. The van der Waals surface area contributed by atoms with Crippen LogP contribution >= 0.6 is 0 Å². The summed E-state index contributed by atoms with van der Waals surface area (Å²) in [5, 5.41) is 0. The molecule has 4 rings (SSSR count). The van der Waals surface area contributed by atoms with E-state index in [9.17, 15) is 14.4 Å². The van der Waals surface area contributed by atoms with Crippen molar-refractivity contribution in [2.24, 2.45) is 5.41 Å². The summed E-state index contributed by atoms with van der Waals surface area (Å²) >= 11 is 0. The number of esters is 1. The number of benzene rings is 1. The SMILES string of the molecule is COC(=O)c1ccccc1N1C(=O)CC(c2ccncc2)C2=C1CC(C)(C)CC2=O. The molecule has 0 radical (unpaired) electrons. The molecule has 30 heavy (non-hydrogen) atoms. The summed E-state index contributed by atoms with van der Waals surface area (Å²) in [6, 6.07) is 10.6. The van der Waals surface area contributed by atoms with E-state index in [2.05, 4.69) is 4.98 Å². The third-order valence-corrected chi connectivity index (χ3v) is 5.80. The van der Waals surface area contributed by atoms with Crippen molar-refractivity contribution in [2.45, 2.75) is 39.0 Å². The van der Waals surface area contributed by atoms with Crippen molar-refractivity contribution in [3.63, 3.8) is 0 Å². The van der Waals surface area contributed by atoms with Crippen LogP contribution < -0.4 is 4.90 Å². The molecular weight excluding hydrogens is 380 g/mol. The first-order valence-electron chi connectivity index (χ1n) is 9.99. The molecule has 2 aliphatic rings. The van der Waals surface area contributed by atoms with Gasteiger partial charge in [0.15, 0.2) is 5.78 Å². The standard InChI is InChI=1S/C24H24N2O4/c1-24(2)13-19-22(20(27)14-24)17(15-8-10-25-11-9-15)12-21(28)26(19)18-7-5-4-6-16(18)23(29)30-3/h4-11,17H,12-14H2,1-3H3. The Balaban J connectivity index is 1.93. The lowest BCUT2D eigenvalue weighted by atomic mass is 9.69. The van der Waals surface area contributed by atoms with Crippen LogP contribution in [-0.2, 0) is 14.3 Å². The van der Waals surface area contributed by atoms with E-state index in [1.165, 1.54) is 7.11 Å². The maximum atomic E-state index is 13.4. The summed E-state index contributed by atoms with van der Waals surface area (Å²) in [7, 11) is 1.31. The Morgan fingerprint density at radius 3 is 2.50 bits per heavy atom. The molecule has 6 heteroatoms. The third kappa shape index (κ3) is 3.43. The van der Waals surface area contributed by atoms with Crippen LogP contribution in [0.3, 0.4) is 0 Å². The van der Waals surface area contributed by atoms with Crippen LogP contribution in [0, 0.1) is 5.41 Å². The molecule has 0 saturated carbocycles. The molecule has 1 aliphatic heterocycles. The van der Waals surface area contributed by atoms with Gasteiger partial charge in [-0.2, -0.15) is 0 Å². The number of pyridine rings is 1. The van der Waals surface area contributed by atoms with Gasteiger partial charge in [0, 0.05) is 42.4 Å². The van der Waals surface area contributed by atoms with Crippen molar-refractivity contribution in [2.75, 3.05) is 12.0 Å². The van der Waals surface area contributed by atoms with Gasteiger partial charge in [0.2, 0.25) is 5.91 Å². The number of rotatable bonds is 3. The maximum absolute atomic E-state index is 13.4. The fourth-order valence-corrected chi connectivity index (χ4v) is 4.53. The van der Waals surface area contributed by atoms with Gasteiger partial charge in [0.25, 0.3) is 0 Å². The van der Waals surface area contributed by atoms with E-state index < -0.39 is 5.97 Å². The molecule has 0 saturated heterocycles. The summed E-state index contributed by atoms with van der Waals surface area (Å²) in [5.41, 5.74) is 2.73. The van der Waals surface area contributed by atoms with Gasteiger partial charge < -0.3 is 4.74 Å². The first-order chi connectivity index (χ1) is 14.3. The lowest BCUT2D eigenvalue weighted by Crippen LogP contribution is -2.44. The molecule has 1 aliphatic carbocycles. The van der Waals surface area contributed by atoms with Crippen LogP contribution in [-0.4, -0.2) is 29.8 Å². The highest BCUT2D eigenvalue weighted by atomic mass is 16.5. The van der Waals surface area contributed by atoms with Crippen LogP contribution in [0.2, 0.25) is 0 Å². The monoisotopic (exact) mass is 404 g/mol. The number of ether oxygens (including phenoxy) is 1. The fourth-order valence-electron chi connectivity index (χ4n) is 4.53.